The standard InChI is InChI=1S/C24H16ClNO2/c25-17-5-1-14(2-6-17)21-13-23(15-3-7-18(27)8-4-15)26-24-20-10-9-19(28)11-16(20)12-22(21)24/h1-11,13,27-28H,12H2. The van der Waals surface area contributed by atoms with Crippen molar-refractivity contribution in [3.8, 4) is 45.1 Å². The van der Waals surface area contributed by atoms with Crippen molar-refractivity contribution < 1.29 is 10.2 Å². The maximum absolute atomic E-state index is 9.89. The Balaban J connectivity index is 1.76. The van der Waals surface area contributed by atoms with Crippen LogP contribution in [0.5, 0.6) is 11.5 Å². The van der Waals surface area contributed by atoms with Crippen LogP contribution in [0.25, 0.3) is 33.6 Å². The summed E-state index contributed by atoms with van der Waals surface area (Å²) in [5.41, 5.74) is 8.13. The highest BCUT2D eigenvalue weighted by Gasteiger charge is 2.25. The van der Waals surface area contributed by atoms with Crippen LogP contribution in [0.2, 0.25) is 5.02 Å². The van der Waals surface area contributed by atoms with E-state index in [1.54, 1.807) is 18.2 Å². The Morgan fingerprint density at radius 1 is 0.714 bits per heavy atom. The molecule has 136 valence electrons. The molecule has 0 unspecified atom stereocenters. The fourth-order valence-corrected chi connectivity index (χ4v) is 3.91. The van der Waals surface area contributed by atoms with E-state index >= 15 is 0 Å². The van der Waals surface area contributed by atoms with Crippen molar-refractivity contribution in [3.63, 3.8) is 0 Å². The van der Waals surface area contributed by atoms with Crippen LogP contribution in [-0.4, -0.2) is 15.2 Å². The van der Waals surface area contributed by atoms with Crippen molar-refractivity contribution in [1.82, 2.24) is 4.98 Å². The van der Waals surface area contributed by atoms with E-state index in [1.165, 1.54) is 0 Å². The molecule has 0 saturated carbocycles. The van der Waals surface area contributed by atoms with Crippen LogP contribution in [0.4, 0.5) is 0 Å². The van der Waals surface area contributed by atoms with E-state index in [4.69, 9.17) is 16.6 Å². The minimum atomic E-state index is 0.226. The lowest BCUT2D eigenvalue weighted by Crippen LogP contribution is -1.94. The van der Waals surface area contributed by atoms with Gasteiger partial charge in [-0.15, -0.1) is 0 Å². The van der Waals surface area contributed by atoms with E-state index in [0.29, 0.717) is 5.02 Å². The van der Waals surface area contributed by atoms with Crippen LogP contribution in [-0.2, 0) is 6.42 Å². The molecule has 1 aliphatic rings. The van der Waals surface area contributed by atoms with Gasteiger partial charge in [0.25, 0.3) is 0 Å². The molecule has 4 aromatic rings. The molecule has 4 heteroatoms. The molecule has 0 spiro atoms. The van der Waals surface area contributed by atoms with Crippen molar-refractivity contribution in [3.05, 3.63) is 88.9 Å². The molecule has 0 atom stereocenters. The van der Waals surface area contributed by atoms with Gasteiger partial charge in [-0.25, -0.2) is 4.98 Å². The van der Waals surface area contributed by atoms with Gasteiger partial charge in [0.2, 0.25) is 0 Å². The molecule has 0 fully saturated rings. The van der Waals surface area contributed by atoms with E-state index in [9.17, 15) is 10.2 Å². The summed E-state index contributed by atoms with van der Waals surface area (Å²) in [5, 5.41) is 20.2. The first-order valence-electron chi connectivity index (χ1n) is 9.00. The van der Waals surface area contributed by atoms with Crippen molar-refractivity contribution >= 4 is 11.6 Å². The highest BCUT2D eigenvalue weighted by molar-refractivity contribution is 6.30. The zero-order valence-electron chi connectivity index (χ0n) is 14.9. The molecule has 0 bridgehead atoms. The van der Waals surface area contributed by atoms with E-state index < -0.39 is 0 Å². The van der Waals surface area contributed by atoms with Gasteiger partial charge >= 0.3 is 0 Å². The van der Waals surface area contributed by atoms with E-state index in [0.717, 1.165) is 51.2 Å². The number of benzene rings is 3. The van der Waals surface area contributed by atoms with Gasteiger partial charge in [0.15, 0.2) is 0 Å². The lowest BCUT2D eigenvalue weighted by molar-refractivity contribution is 0.474. The van der Waals surface area contributed by atoms with Crippen LogP contribution in [0.15, 0.2) is 72.8 Å². The summed E-state index contributed by atoms with van der Waals surface area (Å²) in [6.45, 7) is 0. The smallest absolute Gasteiger partial charge is 0.115 e. The number of pyridine rings is 1. The van der Waals surface area contributed by atoms with Gasteiger partial charge in [-0.3, -0.25) is 0 Å². The fraction of sp³-hybridized carbons (Fsp3) is 0.0417. The Kier molecular flexibility index (Phi) is 3.85. The van der Waals surface area contributed by atoms with Gasteiger partial charge < -0.3 is 10.2 Å². The van der Waals surface area contributed by atoms with Gasteiger partial charge in [-0.05, 0) is 82.9 Å². The third kappa shape index (κ3) is 2.81. The first-order valence-corrected chi connectivity index (χ1v) is 9.38. The average Bonchev–Trinajstić information content (AvgIpc) is 3.06. The highest BCUT2D eigenvalue weighted by Crippen LogP contribution is 2.43. The molecule has 0 amide bonds. The molecule has 1 aliphatic carbocycles. The number of rotatable bonds is 2. The number of phenolic OH excluding ortho intramolecular Hbond substituents is 2. The van der Waals surface area contributed by atoms with Crippen molar-refractivity contribution in [1.29, 1.82) is 0 Å². The maximum atomic E-state index is 9.89. The summed E-state index contributed by atoms with van der Waals surface area (Å²) < 4.78 is 0. The zero-order valence-corrected chi connectivity index (χ0v) is 15.6. The summed E-state index contributed by atoms with van der Waals surface area (Å²) in [7, 11) is 0. The van der Waals surface area contributed by atoms with Gasteiger partial charge in [-0.2, -0.15) is 0 Å². The second kappa shape index (κ2) is 6.39. The molecule has 3 nitrogen and oxygen atoms in total. The third-order valence-corrected chi connectivity index (χ3v) is 5.41. The Morgan fingerprint density at radius 2 is 1.39 bits per heavy atom. The summed E-state index contributed by atoms with van der Waals surface area (Å²) in [6, 6.07) is 22.4. The number of hydrogen-bond donors (Lipinski definition) is 2. The Bertz CT molecular complexity index is 1200. The molecular weight excluding hydrogens is 370 g/mol. The largest absolute Gasteiger partial charge is 0.508 e. The number of fused-ring (bicyclic) bond motifs is 3. The summed E-state index contributed by atoms with van der Waals surface area (Å²) >= 11 is 6.09. The molecule has 2 N–H and O–H groups in total. The fourth-order valence-electron chi connectivity index (χ4n) is 3.79. The lowest BCUT2D eigenvalue weighted by Gasteiger charge is -2.12. The second-order valence-corrected chi connectivity index (χ2v) is 7.39. The van der Waals surface area contributed by atoms with Gasteiger partial charge in [0, 0.05) is 22.6 Å². The minimum absolute atomic E-state index is 0.226. The SMILES string of the molecule is Oc1ccc(-c2cc(-c3ccc(Cl)cc3)c3c(n2)-c2ccc(O)cc2C3)cc1. The van der Waals surface area contributed by atoms with Crippen molar-refractivity contribution in [2.75, 3.05) is 0 Å². The van der Waals surface area contributed by atoms with Crippen LogP contribution in [0.3, 0.4) is 0 Å². The highest BCUT2D eigenvalue weighted by atomic mass is 35.5. The lowest BCUT2D eigenvalue weighted by atomic mass is 9.96. The topological polar surface area (TPSA) is 53.4 Å². The van der Waals surface area contributed by atoms with Crippen molar-refractivity contribution in [2.24, 2.45) is 0 Å². The molecule has 5 rings (SSSR count). The first-order chi connectivity index (χ1) is 13.6. The Hall–Kier alpha value is -3.30. The van der Waals surface area contributed by atoms with Crippen LogP contribution in [0.1, 0.15) is 11.1 Å². The van der Waals surface area contributed by atoms with Crippen LogP contribution < -0.4 is 0 Å². The normalized spacial score (nSPS) is 11.9. The maximum Gasteiger partial charge on any atom is 0.115 e. The number of aromatic hydroxyl groups is 2. The number of nitrogens with zero attached hydrogens (tertiary/aromatic N) is 1. The monoisotopic (exact) mass is 385 g/mol. The molecule has 0 radical (unpaired) electrons. The Labute approximate surface area is 167 Å². The summed E-state index contributed by atoms with van der Waals surface area (Å²) in [4.78, 5) is 4.94. The van der Waals surface area contributed by atoms with Gasteiger partial charge in [0.05, 0.1) is 11.4 Å². The summed E-state index contributed by atoms with van der Waals surface area (Å²) in [5.74, 6) is 0.488. The quantitative estimate of drug-likeness (QED) is 0.389. The minimum Gasteiger partial charge on any atom is -0.508 e. The number of hydrogen-bond acceptors (Lipinski definition) is 3. The molecule has 0 aliphatic heterocycles. The van der Waals surface area contributed by atoms with E-state index in [-0.39, 0.29) is 11.5 Å². The third-order valence-electron chi connectivity index (χ3n) is 5.15. The van der Waals surface area contributed by atoms with Crippen molar-refractivity contribution in [2.45, 2.75) is 6.42 Å². The summed E-state index contributed by atoms with van der Waals surface area (Å²) in [6.07, 6.45) is 0.722. The first kappa shape index (κ1) is 16.8. The number of phenols is 2. The van der Waals surface area contributed by atoms with Crippen LogP contribution >= 0.6 is 11.6 Å². The Morgan fingerprint density at radius 3 is 2.14 bits per heavy atom. The number of aromatic nitrogens is 1. The van der Waals surface area contributed by atoms with E-state index in [1.807, 2.05) is 48.5 Å². The van der Waals surface area contributed by atoms with Gasteiger partial charge in [-0.1, -0.05) is 23.7 Å². The molecular formula is C24H16ClNO2. The molecule has 0 saturated heterocycles. The predicted molar refractivity (Wildman–Crippen MR) is 112 cm³/mol. The molecule has 28 heavy (non-hydrogen) atoms. The predicted octanol–water partition coefficient (Wildman–Crippen LogP) is 6.05. The van der Waals surface area contributed by atoms with Gasteiger partial charge in [0.1, 0.15) is 11.5 Å². The van der Waals surface area contributed by atoms with Crippen LogP contribution in [0, 0.1) is 0 Å². The molecule has 1 aromatic heterocycles. The molecule has 3 aromatic carbocycles. The average molecular weight is 386 g/mol. The number of halogens is 1. The second-order valence-electron chi connectivity index (χ2n) is 6.95. The molecule has 1 heterocycles. The van der Waals surface area contributed by atoms with E-state index in [2.05, 4.69) is 6.07 Å². The zero-order chi connectivity index (χ0) is 19.3.